The van der Waals surface area contributed by atoms with E-state index >= 15 is 0 Å². The fraction of sp³-hybridized carbons (Fsp3) is 0.125. The summed E-state index contributed by atoms with van der Waals surface area (Å²) in [6, 6.07) is 2.87. The Morgan fingerprint density at radius 1 is 1.33 bits per heavy atom. The van der Waals surface area contributed by atoms with Crippen molar-refractivity contribution in [3.63, 3.8) is 0 Å². The van der Waals surface area contributed by atoms with Crippen LogP contribution in [-0.2, 0) is 0 Å². The molecule has 0 aromatic carbocycles. The van der Waals surface area contributed by atoms with Crippen LogP contribution in [0.4, 0.5) is 12.9 Å². The molecule has 74 valence electrons. The van der Waals surface area contributed by atoms with Crippen LogP contribution in [0.15, 0.2) is 18.3 Å². The minimum atomic E-state index is -5.07. The second-order valence-electron chi connectivity index (χ2n) is 2.43. The number of ether oxygens (including phenoxy) is 1. The predicted octanol–water partition coefficient (Wildman–Crippen LogP) is -1.17. The summed E-state index contributed by atoms with van der Waals surface area (Å²) in [5.74, 6) is 3.59. The minimum absolute atomic E-state index is 0. The number of hydrogen-bond acceptors (Lipinski definition) is 2. The Balaban J connectivity index is 0.00000196. The summed E-state index contributed by atoms with van der Waals surface area (Å²) in [5.41, 5.74) is 0.0741. The second kappa shape index (κ2) is 6.56. The van der Waals surface area contributed by atoms with Gasteiger partial charge in [-0.3, -0.25) is 0 Å². The summed E-state index contributed by atoms with van der Waals surface area (Å²) >= 11 is 0. The van der Waals surface area contributed by atoms with E-state index in [1.807, 2.05) is 5.92 Å². The van der Waals surface area contributed by atoms with E-state index in [9.17, 15) is 12.9 Å². The molecule has 1 aromatic heterocycles. The summed E-state index contributed by atoms with van der Waals surface area (Å²) in [6.45, 7) is -5.07. The molecule has 1 heterocycles. The number of hydrogen-bond donors (Lipinski definition) is 0. The third-order valence-corrected chi connectivity index (χ3v) is 1.34. The smallest absolute Gasteiger partial charge is 0.495 e. The number of rotatable bonds is 1. The fourth-order valence-corrected chi connectivity index (χ4v) is 0.731. The van der Waals surface area contributed by atoms with Crippen LogP contribution >= 0.6 is 0 Å². The first-order valence-electron chi connectivity index (χ1n) is 3.74. The number of nitrogens with zero attached hydrogens (tertiary/aromatic N) is 1. The van der Waals surface area contributed by atoms with Crippen LogP contribution < -0.4 is 56.1 Å². The zero-order chi connectivity index (χ0) is 10.6. The van der Waals surface area contributed by atoms with Crippen molar-refractivity contribution in [2.24, 2.45) is 0 Å². The number of halogens is 3. The molecule has 0 radical (unpaired) electrons. The van der Waals surface area contributed by atoms with Crippen molar-refractivity contribution in [3.8, 4) is 17.5 Å². The standard InChI is InChI=1S/C8H6BF3NO.K/c1-14-8-3-2-7(13-6-8)4-5-9(10,11)12;/h2-3,6H,1H3;/q-1;+1. The molecule has 2 nitrogen and oxygen atoms in total. The first kappa shape index (κ1) is 15.0. The topological polar surface area (TPSA) is 22.1 Å². The maximum atomic E-state index is 11.7. The summed E-state index contributed by atoms with van der Waals surface area (Å²) in [5, 5.41) is 0. The van der Waals surface area contributed by atoms with Gasteiger partial charge in [-0.2, -0.15) is 5.82 Å². The third kappa shape index (κ3) is 6.22. The molecule has 0 spiro atoms. The van der Waals surface area contributed by atoms with Crippen molar-refractivity contribution in [3.05, 3.63) is 24.0 Å². The molecular weight excluding hydrogens is 233 g/mol. The van der Waals surface area contributed by atoms with Crippen LogP contribution in [0.1, 0.15) is 5.69 Å². The van der Waals surface area contributed by atoms with Gasteiger partial charge in [0.05, 0.1) is 13.3 Å². The zero-order valence-electron chi connectivity index (χ0n) is 8.30. The fourth-order valence-electron chi connectivity index (χ4n) is 0.731. The van der Waals surface area contributed by atoms with Crippen LogP contribution in [0.5, 0.6) is 5.75 Å². The Hall–Kier alpha value is 0.00130. The molecule has 0 saturated heterocycles. The van der Waals surface area contributed by atoms with Gasteiger partial charge < -0.3 is 17.7 Å². The largest absolute Gasteiger partial charge is 1.00 e. The quantitative estimate of drug-likeness (QED) is 0.455. The first-order valence-corrected chi connectivity index (χ1v) is 3.74. The molecule has 0 aliphatic heterocycles. The van der Waals surface area contributed by atoms with Gasteiger partial charge in [-0.15, -0.1) is 0 Å². The molecule has 0 fully saturated rings. The van der Waals surface area contributed by atoms with Crippen LogP contribution in [0.2, 0.25) is 0 Å². The average molecular weight is 239 g/mol. The van der Waals surface area contributed by atoms with E-state index in [0.717, 1.165) is 0 Å². The van der Waals surface area contributed by atoms with Gasteiger partial charge in [-0.1, -0.05) is 5.92 Å². The van der Waals surface area contributed by atoms with Crippen LogP contribution in [0.25, 0.3) is 0 Å². The normalized spacial score (nSPS) is 9.60. The van der Waals surface area contributed by atoms with Gasteiger partial charge in [0, 0.05) is 0 Å². The van der Waals surface area contributed by atoms with E-state index < -0.39 is 6.98 Å². The van der Waals surface area contributed by atoms with Gasteiger partial charge in [-0.05, 0) is 12.1 Å². The predicted molar refractivity (Wildman–Crippen MR) is 46.7 cm³/mol. The van der Waals surface area contributed by atoms with E-state index in [4.69, 9.17) is 4.74 Å². The Bertz CT molecular complexity index is 368. The SMILES string of the molecule is COc1ccc(C#C[B-](F)(F)F)nc1.[K+]. The van der Waals surface area contributed by atoms with Crippen molar-refractivity contribution in [1.29, 1.82) is 0 Å². The van der Waals surface area contributed by atoms with E-state index in [0.29, 0.717) is 5.75 Å². The average Bonchev–Trinajstić information content (AvgIpc) is 2.14. The van der Waals surface area contributed by atoms with Gasteiger partial charge in [-0.25, -0.2) is 4.98 Å². The third-order valence-electron chi connectivity index (χ3n) is 1.34. The van der Waals surface area contributed by atoms with Gasteiger partial charge in [0.2, 0.25) is 0 Å². The second-order valence-corrected chi connectivity index (χ2v) is 2.43. The molecule has 0 aliphatic rings. The Kier molecular flexibility index (Phi) is 6.56. The summed E-state index contributed by atoms with van der Waals surface area (Å²) < 4.78 is 40.0. The van der Waals surface area contributed by atoms with E-state index in [2.05, 4.69) is 4.98 Å². The molecular formula is C8H6BF3KNO. The maximum Gasteiger partial charge on any atom is 1.00 e. The summed E-state index contributed by atoms with van der Waals surface area (Å²) in [6.07, 6.45) is 1.31. The summed E-state index contributed by atoms with van der Waals surface area (Å²) in [4.78, 5) is 3.66. The first-order chi connectivity index (χ1) is 6.51. The van der Waals surface area contributed by atoms with Gasteiger partial charge >= 0.3 is 58.4 Å². The number of aromatic nitrogens is 1. The molecule has 0 bridgehead atoms. The Labute approximate surface area is 128 Å². The van der Waals surface area contributed by atoms with Crippen LogP contribution in [0.3, 0.4) is 0 Å². The molecule has 0 N–H and O–H groups in total. The van der Waals surface area contributed by atoms with Crippen molar-refractivity contribution < 1.29 is 69.1 Å². The van der Waals surface area contributed by atoms with E-state index in [1.54, 1.807) is 0 Å². The van der Waals surface area contributed by atoms with E-state index in [1.165, 1.54) is 31.3 Å². The van der Waals surface area contributed by atoms with Crippen molar-refractivity contribution in [2.75, 3.05) is 7.11 Å². The van der Waals surface area contributed by atoms with Crippen LogP contribution in [0, 0.1) is 11.7 Å². The van der Waals surface area contributed by atoms with Crippen LogP contribution in [-0.4, -0.2) is 19.1 Å². The molecule has 0 saturated carbocycles. The zero-order valence-corrected chi connectivity index (χ0v) is 11.4. The van der Waals surface area contributed by atoms with Gasteiger partial charge in [0.1, 0.15) is 11.4 Å². The van der Waals surface area contributed by atoms with Crippen molar-refractivity contribution in [1.82, 2.24) is 4.98 Å². The monoisotopic (exact) mass is 239 g/mol. The Morgan fingerprint density at radius 2 is 2.00 bits per heavy atom. The van der Waals surface area contributed by atoms with Gasteiger partial charge in [0.15, 0.2) is 0 Å². The maximum absolute atomic E-state index is 11.7. The van der Waals surface area contributed by atoms with Crippen molar-refractivity contribution in [2.45, 2.75) is 0 Å². The Morgan fingerprint density at radius 3 is 2.40 bits per heavy atom. The molecule has 0 unspecified atom stereocenters. The number of methoxy groups -OCH3 is 1. The molecule has 1 rings (SSSR count). The van der Waals surface area contributed by atoms with Crippen molar-refractivity contribution >= 4 is 6.98 Å². The minimum Gasteiger partial charge on any atom is -0.495 e. The molecule has 15 heavy (non-hydrogen) atoms. The molecule has 0 aliphatic carbocycles. The van der Waals surface area contributed by atoms with Gasteiger partial charge in [0.25, 0.3) is 0 Å². The summed E-state index contributed by atoms with van der Waals surface area (Å²) in [7, 11) is 1.45. The molecule has 7 heteroatoms. The number of pyridine rings is 1. The van der Waals surface area contributed by atoms with E-state index in [-0.39, 0.29) is 57.1 Å². The molecule has 0 amide bonds. The molecule has 1 aromatic rings. The molecule has 0 atom stereocenters.